The van der Waals surface area contributed by atoms with E-state index in [-0.39, 0.29) is 29.8 Å². The van der Waals surface area contributed by atoms with E-state index in [1.807, 2.05) is 37.3 Å². The topological polar surface area (TPSA) is 76.1 Å². The number of sulfone groups is 1. The highest BCUT2D eigenvalue weighted by atomic mass is 32.2. The Kier molecular flexibility index (Phi) is 4.50. The van der Waals surface area contributed by atoms with Crippen LogP contribution in [0.4, 0.5) is 5.13 Å². The third-order valence-electron chi connectivity index (χ3n) is 3.89. The standard InChI is InChI=1S/C16H18N2O3S2/c1-11-15(13-5-3-2-4-6-13)18-16(22-11)17-14(19)9-12-7-8-23(20,21)10-12/h2-6,12H,7-10H2,1H3,(H,17,18,19). The zero-order chi connectivity index (χ0) is 16.4. The monoisotopic (exact) mass is 350 g/mol. The van der Waals surface area contributed by atoms with Crippen molar-refractivity contribution in [2.24, 2.45) is 5.92 Å². The van der Waals surface area contributed by atoms with Gasteiger partial charge >= 0.3 is 0 Å². The van der Waals surface area contributed by atoms with E-state index < -0.39 is 9.84 Å². The molecule has 1 atom stereocenters. The molecule has 1 unspecified atom stereocenters. The summed E-state index contributed by atoms with van der Waals surface area (Å²) < 4.78 is 22.9. The minimum Gasteiger partial charge on any atom is -0.302 e. The first-order valence-electron chi connectivity index (χ1n) is 7.46. The van der Waals surface area contributed by atoms with E-state index in [0.29, 0.717) is 11.6 Å². The highest BCUT2D eigenvalue weighted by Gasteiger charge is 2.29. The molecule has 1 aliphatic rings. The molecule has 1 fully saturated rings. The fraction of sp³-hybridized carbons (Fsp3) is 0.375. The van der Waals surface area contributed by atoms with Crippen molar-refractivity contribution in [3.63, 3.8) is 0 Å². The summed E-state index contributed by atoms with van der Waals surface area (Å²) in [6.45, 7) is 1.97. The molecule has 0 spiro atoms. The van der Waals surface area contributed by atoms with Gasteiger partial charge in [-0.05, 0) is 19.3 Å². The number of hydrogen-bond acceptors (Lipinski definition) is 5. The first-order valence-corrected chi connectivity index (χ1v) is 10.1. The number of anilines is 1. The van der Waals surface area contributed by atoms with Crippen molar-refractivity contribution in [1.82, 2.24) is 4.98 Å². The predicted molar refractivity (Wildman–Crippen MR) is 92.3 cm³/mol. The Hall–Kier alpha value is -1.73. The molecule has 122 valence electrons. The lowest BCUT2D eigenvalue weighted by molar-refractivity contribution is -0.116. The van der Waals surface area contributed by atoms with Crippen LogP contribution in [0.5, 0.6) is 0 Å². The summed E-state index contributed by atoms with van der Waals surface area (Å²) in [5.41, 5.74) is 1.89. The SMILES string of the molecule is Cc1sc(NC(=O)CC2CCS(=O)(=O)C2)nc1-c1ccccc1. The van der Waals surface area contributed by atoms with Crippen LogP contribution >= 0.6 is 11.3 Å². The molecule has 1 aromatic heterocycles. The second kappa shape index (κ2) is 6.41. The molecular weight excluding hydrogens is 332 g/mol. The number of carbonyl (C=O) groups excluding carboxylic acids is 1. The minimum absolute atomic E-state index is 0.0744. The first-order chi connectivity index (χ1) is 10.9. The van der Waals surface area contributed by atoms with Gasteiger partial charge in [0.15, 0.2) is 15.0 Å². The van der Waals surface area contributed by atoms with Gasteiger partial charge in [0, 0.05) is 16.9 Å². The zero-order valence-corrected chi connectivity index (χ0v) is 14.4. The molecule has 5 nitrogen and oxygen atoms in total. The quantitative estimate of drug-likeness (QED) is 0.920. The lowest BCUT2D eigenvalue weighted by Crippen LogP contribution is -2.17. The summed E-state index contributed by atoms with van der Waals surface area (Å²) in [4.78, 5) is 17.6. The van der Waals surface area contributed by atoms with E-state index in [0.717, 1.165) is 16.1 Å². The number of rotatable bonds is 4. The Morgan fingerprint density at radius 2 is 2.09 bits per heavy atom. The number of aryl methyl sites for hydroxylation is 1. The van der Waals surface area contributed by atoms with E-state index in [1.165, 1.54) is 11.3 Å². The van der Waals surface area contributed by atoms with E-state index in [4.69, 9.17) is 0 Å². The van der Waals surface area contributed by atoms with Gasteiger partial charge < -0.3 is 5.32 Å². The van der Waals surface area contributed by atoms with Gasteiger partial charge in [0.05, 0.1) is 17.2 Å². The second-order valence-corrected chi connectivity index (χ2v) is 9.24. The summed E-state index contributed by atoms with van der Waals surface area (Å²) >= 11 is 1.43. The smallest absolute Gasteiger partial charge is 0.226 e. The molecular formula is C16H18N2O3S2. The van der Waals surface area contributed by atoms with Crippen molar-refractivity contribution >= 4 is 32.2 Å². The lowest BCUT2D eigenvalue weighted by Gasteiger charge is -2.06. The number of thiazole rings is 1. The van der Waals surface area contributed by atoms with Crippen LogP contribution in [0.1, 0.15) is 17.7 Å². The number of nitrogens with zero attached hydrogens (tertiary/aromatic N) is 1. The number of amides is 1. The molecule has 2 aromatic rings. The average molecular weight is 350 g/mol. The van der Waals surface area contributed by atoms with Gasteiger partial charge in [-0.2, -0.15) is 0 Å². The molecule has 1 N–H and O–H groups in total. The van der Waals surface area contributed by atoms with Crippen molar-refractivity contribution in [2.75, 3.05) is 16.8 Å². The van der Waals surface area contributed by atoms with Gasteiger partial charge in [0.25, 0.3) is 0 Å². The van der Waals surface area contributed by atoms with Gasteiger partial charge in [-0.3, -0.25) is 4.79 Å². The maximum absolute atomic E-state index is 12.1. The fourth-order valence-electron chi connectivity index (χ4n) is 2.78. The van der Waals surface area contributed by atoms with E-state index >= 15 is 0 Å². The van der Waals surface area contributed by atoms with Crippen molar-refractivity contribution in [3.8, 4) is 11.3 Å². The Morgan fingerprint density at radius 1 is 1.35 bits per heavy atom. The largest absolute Gasteiger partial charge is 0.302 e. The van der Waals surface area contributed by atoms with Crippen LogP contribution < -0.4 is 5.32 Å². The van der Waals surface area contributed by atoms with E-state index in [9.17, 15) is 13.2 Å². The van der Waals surface area contributed by atoms with Crippen molar-refractivity contribution in [2.45, 2.75) is 19.8 Å². The van der Waals surface area contributed by atoms with E-state index in [1.54, 1.807) is 0 Å². The Balaban J connectivity index is 1.66. The second-order valence-electron chi connectivity index (χ2n) is 5.81. The number of hydrogen-bond donors (Lipinski definition) is 1. The van der Waals surface area contributed by atoms with Gasteiger partial charge in [-0.25, -0.2) is 13.4 Å². The molecule has 0 saturated carbocycles. The van der Waals surface area contributed by atoms with Crippen LogP contribution in [0.2, 0.25) is 0 Å². The van der Waals surface area contributed by atoms with Crippen molar-refractivity contribution in [3.05, 3.63) is 35.2 Å². The normalized spacial score (nSPS) is 19.6. The summed E-state index contributed by atoms with van der Waals surface area (Å²) in [5, 5.41) is 3.36. The molecule has 0 radical (unpaired) electrons. The number of carbonyl (C=O) groups is 1. The molecule has 0 aliphatic carbocycles. The highest BCUT2D eigenvalue weighted by Crippen LogP contribution is 2.30. The van der Waals surface area contributed by atoms with Crippen molar-refractivity contribution < 1.29 is 13.2 Å². The van der Waals surface area contributed by atoms with Gasteiger partial charge in [0.2, 0.25) is 5.91 Å². The van der Waals surface area contributed by atoms with Crippen LogP contribution in [-0.4, -0.2) is 30.8 Å². The third-order valence-corrected chi connectivity index (χ3v) is 6.61. The number of aromatic nitrogens is 1. The summed E-state index contributed by atoms with van der Waals surface area (Å²) in [6, 6.07) is 9.82. The zero-order valence-electron chi connectivity index (χ0n) is 12.8. The molecule has 2 heterocycles. The lowest BCUT2D eigenvalue weighted by atomic mass is 10.1. The van der Waals surface area contributed by atoms with Crippen LogP contribution in [0, 0.1) is 12.8 Å². The maximum Gasteiger partial charge on any atom is 0.226 e. The fourth-order valence-corrected chi connectivity index (χ4v) is 5.49. The summed E-state index contributed by atoms with van der Waals surface area (Å²) in [7, 11) is -2.95. The Morgan fingerprint density at radius 3 is 2.74 bits per heavy atom. The predicted octanol–water partition coefficient (Wildman–Crippen LogP) is 2.88. The molecule has 23 heavy (non-hydrogen) atoms. The van der Waals surface area contributed by atoms with Crippen LogP contribution in [0.3, 0.4) is 0 Å². The summed E-state index contributed by atoms with van der Waals surface area (Å²) in [6.07, 6.45) is 0.806. The Bertz CT molecular complexity index is 813. The summed E-state index contributed by atoms with van der Waals surface area (Å²) in [5.74, 6) is 0.0709. The molecule has 1 amide bonds. The van der Waals surface area contributed by atoms with Crippen LogP contribution in [0.25, 0.3) is 11.3 Å². The maximum atomic E-state index is 12.1. The molecule has 1 saturated heterocycles. The molecule has 0 bridgehead atoms. The molecule has 7 heteroatoms. The van der Waals surface area contributed by atoms with Crippen LogP contribution in [-0.2, 0) is 14.6 Å². The highest BCUT2D eigenvalue weighted by molar-refractivity contribution is 7.91. The third kappa shape index (κ3) is 3.97. The van der Waals surface area contributed by atoms with Gasteiger partial charge in [-0.1, -0.05) is 30.3 Å². The minimum atomic E-state index is -2.95. The number of benzene rings is 1. The Labute approximate surface area is 139 Å². The molecule has 1 aromatic carbocycles. The van der Waals surface area contributed by atoms with Crippen molar-refractivity contribution in [1.29, 1.82) is 0 Å². The molecule has 1 aliphatic heterocycles. The van der Waals surface area contributed by atoms with Crippen LogP contribution in [0.15, 0.2) is 30.3 Å². The number of nitrogens with one attached hydrogen (secondary N) is 1. The first kappa shape index (κ1) is 16.1. The average Bonchev–Trinajstić information content (AvgIpc) is 3.02. The van der Waals surface area contributed by atoms with E-state index in [2.05, 4.69) is 10.3 Å². The molecule has 3 rings (SSSR count). The van der Waals surface area contributed by atoms with Gasteiger partial charge in [-0.15, -0.1) is 11.3 Å². The van der Waals surface area contributed by atoms with Gasteiger partial charge in [0.1, 0.15) is 0 Å².